The van der Waals surface area contributed by atoms with Crippen LogP contribution >= 0.6 is 10.7 Å². The highest BCUT2D eigenvalue weighted by atomic mass is 35.7. The summed E-state index contributed by atoms with van der Waals surface area (Å²) >= 11 is 0. The van der Waals surface area contributed by atoms with Gasteiger partial charge in [-0.05, 0) is 12.5 Å². The molecule has 8 nitrogen and oxygen atoms in total. The number of nitro groups is 1. The minimum atomic E-state index is -4.22. The second-order valence-electron chi connectivity index (χ2n) is 3.67. The Labute approximate surface area is 118 Å². The summed E-state index contributed by atoms with van der Waals surface area (Å²) < 4.78 is 27.8. The number of non-ortho nitro benzene ring substituents is 1. The molecule has 0 amide bonds. The van der Waals surface area contributed by atoms with Gasteiger partial charge in [-0.3, -0.25) is 14.9 Å². The van der Waals surface area contributed by atoms with Crippen molar-refractivity contribution in [1.82, 2.24) is 0 Å². The van der Waals surface area contributed by atoms with E-state index >= 15 is 0 Å². The van der Waals surface area contributed by atoms with Crippen molar-refractivity contribution in [2.45, 2.75) is 17.7 Å². The third kappa shape index (κ3) is 4.67. The predicted octanol–water partition coefficient (Wildman–Crippen LogP) is 1.77. The minimum Gasteiger partial charge on any atom is -0.492 e. The van der Waals surface area contributed by atoms with Crippen LogP contribution in [0.15, 0.2) is 23.1 Å². The molecule has 0 bridgehead atoms. The van der Waals surface area contributed by atoms with Gasteiger partial charge in [0.25, 0.3) is 14.7 Å². The lowest BCUT2D eigenvalue weighted by molar-refractivity contribution is -0.385. The van der Waals surface area contributed by atoms with E-state index in [9.17, 15) is 23.3 Å². The maximum atomic E-state index is 11.3. The lowest BCUT2D eigenvalue weighted by atomic mass is 10.3. The van der Waals surface area contributed by atoms with Crippen LogP contribution in [-0.2, 0) is 13.8 Å². The van der Waals surface area contributed by atoms with Gasteiger partial charge in [0.2, 0.25) is 0 Å². The Morgan fingerprint density at radius 3 is 2.60 bits per heavy atom. The summed E-state index contributed by atoms with van der Waals surface area (Å²) in [6.07, 6.45) is 0.0179. The zero-order valence-corrected chi connectivity index (χ0v) is 11.6. The summed E-state index contributed by atoms with van der Waals surface area (Å²) in [4.78, 5) is 19.6. The van der Waals surface area contributed by atoms with Crippen molar-refractivity contribution in [3.8, 4) is 5.75 Å². The van der Waals surface area contributed by atoms with E-state index in [1.54, 1.807) is 0 Å². The third-order valence-corrected chi connectivity index (χ3v) is 3.54. The number of aliphatic carboxylic acids is 1. The number of ether oxygens (including phenoxy) is 1. The van der Waals surface area contributed by atoms with Crippen LogP contribution in [-0.4, -0.2) is 31.0 Å². The number of hydrogen-bond acceptors (Lipinski definition) is 6. The van der Waals surface area contributed by atoms with Crippen molar-refractivity contribution in [3.05, 3.63) is 28.3 Å². The number of halogens is 1. The van der Waals surface area contributed by atoms with Crippen LogP contribution in [0.25, 0.3) is 0 Å². The fourth-order valence-corrected chi connectivity index (χ4v) is 2.32. The number of hydrogen-bond donors (Lipinski definition) is 1. The van der Waals surface area contributed by atoms with Gasteiger partial charge in [0, 0.05) is 29.2 Å². The first-order valence-corrected chi connectivity index (χ1v) is 7.60. The third-order valence-electron chi connectivity index (χ3n) is 2.19. The Morgan fingerprint density at radius 2 is 2.10 bits per heavy atom. The molecule has 0 aliphatic rings. The largest absolute Gasteiger partial charge is 0.492 e. The molecule has 0 atom stereocenters. The number of carbonyl (C=O) groups is 1. The standard InChI is InChI=1S/C10H10ClNO7S/c11-20(17,18)9-6-7(12(15)16)3-4-8(9)19-5-1-2-10(13)14/h3-4,6H,1-2,5H2,(H,13,14). The van der Waals surface area contributed by atoms with Gasteiger partial charge in [-0.15, -0.1) is 0 Å². The van der Waals surface area contributed by atoms with E-state index in [2.05, 4.69) is 0 Å². The topological polar surface area (TPSA) is 124 Å². The number of rotatable bonds is 7. The number of nitro benzene ring substituents is 1. The van der Waals surface area contributed by atoms with E-state index in [-0.39, 0.29) is 25.2 Å². The Balaban J connectivity index is 2.95. The van der Waals surface area contributed by atoms with Crippen LogP contribution in [0.4, 0.5) is 5.69 Å². The normalized spacial score (nSPS) is 11.1. The first-order valence-electron chi connectivity index (χ1n) is 5.29. The molecule has 1 N–H and O–H groups in total. The lowest BCUT2D eigenvalue weighted by Gasteiger charge is -2.08. The molecular formula is C10H10ClNO7S. The maximum absolute atomic E-state index is 11.3. The lowest BCUT2D eigenvalue weighted by Crippen LogP contribution is -2.05. The Hall–Kier alpha value is -1.87. The Morgan fingerprint density at radius 1 is 1.45 bits per heavy atom. The molecule has 0 unspecified atom stereocenters. The van der Waals surface area contributed by atoms with Gasteiger partial charge in [0.15, 0.2) is 0 Å². The summed E-state index contributed by atoms with van der Waals surface area (Å²) in [6.45, 7) is -0.0521. The summed E-state index contributed by atoms with van der Waals surface area (Å²) in [5.74, 6) is -1.17. The number of carboxylic acid groups (broad SMARTS) is 1. The highest BCUT2D eigenvalue weighted by Crippen LogP contribution is 2.30. The smallest absolute Gasteiger partial charge is 0.303 e. The number of carboxylic acids is 1. The number of benzene rings is 1. The summed E-state index contributed by atoms with van der Waals surface area (Å²) in [5.41, 5.74) is -0.442. The van der Waals surface area contributed by atoms with E-state index in [0.717, 1.165) is 18.2 Å². The summed E-state index contributed by atoms with van der Waals surface area (Å²) in [7, 11) is 0.963. The van der Waals surface area contributed by atoms with Crippen molar-refractivity contribution >= 4 is 31.4 Å². The van der Waals surface area contributed by atoms with Gasteiger partial charge >= 0.3 is 5.97 Å². The van der Waals surface area contributed by atoms with Crippen LogP contribution < -0.4 is 4.74 Å². The molecule has 0 spiro atoms. The van der Waals surface area contributed by atoms with Crippen LogP contribution in [0, 0.1) is 10.1 Å². The Bertz CT molecular complexity index is 628. The van der Waals surface area contributed by atoms with Gasteiger partial charge in [0.1, 0.15) is 10.6 Å². The van der Waals surface area contributed by atoms with E-state index < -0.39 is 30.5 Å². The predicted molar refractivity (Wildman–Crippen MR) is 68.5 cm³/mol. The molecular weight excluding hydrogens is 314 g/mol. The molecule has 0 saturated carbocycles. The zero-order valence-electron chi connectivity index (χ0n) is 9.98. The molecule has 20 heavy (non-hydrogen) atoms. The molecule has 1 rings (SSSR count). The average Bonchev–Trinajstić information content (AvgIpc) is 2.33. The number of nitrogens with zero attached hydrogens (tertiary/aromatic N) is 1. The molecule has 1 aromatic rings. The molecule has 0 aliphatic heterocycles. The van der Waals surface area contributed by atoms with Gasteiger partial charge in [-0.25, -0.2) is 8.42 Å². The minimum absolute atomic E-state index is 0.0521. The molecule has 0 saturated heterocycles. The summed E-state index contributed by atoms with van der Waals surface area (Å²) in [6, 6.07) is 2.96. The SMILES string of the molecule is O=C(O)CCCOc1ccc([N+](=O)[O-])cc1S(=O)(=O)Cl. The van der Waals surface area contributed by atoms with Gasteiger partial charge in [-0.2, -0.15) is 0 Å². The van der Waals surface area contributed by atoms with Crippen LogP contribution in [0.2, 0.25) is 0 Å². The highest BCUT2D eigenvalue weighted by molar-refractivity contribution is 8.13. The molecule has 10 heteroatoms. The second kappa shape index (κ2) is 6.53. The van der Waals surface area contributed by atoms with Gasteiger partial charge in [0.05, 0.1) is 11.5 Å². The molecule has 0 radical (unpaired) electrons. The van der Waals surface area contributed by atoms with Crippen molar-refractivity contribution in [3.63, 3.8) is 0 Å². The quantitative estimate of drug-likeness (QED) is 0.351. The molecule has 0 aliphatic carbocycles. The van der Waals surface area contributed by atoms with Crippen LogP contribution in [0.1, 0.15) is 12.8 Å². The first kappa shape index (κ1) is 16.2. The van der Waals surface area contributed by atoms with E-state index in [4.69, 9.17) is 20.5 Å². The molecule has 0 heterocycles. The Kier molecular flexibility index (Phi) is 5.28. The summed E-state index contributed by atoms with van der Waals surface area (Å²) in [5, 5.41) is 19.0. The van der Waals surface area contributed by atoms with Crippen molar-refractivity contribution in [2.75, 3.05) is 6.61 Å². The molecule has 0 aromatic heterocycles. The first-order chi connectivity index (χ1) is 9.21. The molecule has 1 aromatic carbocycles. The van der Waals surface area contributed by atoms with Crippen molar-refractivity contribution < 1.29 is 28.0 Å². The average molecular weight is 324 g/mol. The second-order valence-corrected chi connectivity index (χ2v) is 6.21. The van der Waals surface area contributed by atoms with Crippen LogP contribution in [0.5, 0.6) is 5.75 Å². The van der Waals surface area contributed by atoms with E-state index in [0.29, 0.717) is 0 Å². The van der Waals surface area contributed by atoms with Gasteiger partial charge in [-0.1, -0.05) is 0 Å². The van der Waals surface area contributed by atoms with E-state index in [1.807, 2.05) is 0 Å². The van der Waals surface area contributed by atoms with Gasteiger partial charge < -0.3 is 9.84 Å². The van der Waals surface area contributed by atoms with Crippen molar-refractivity contribution in [2.24, 2.45) is 0 Å². The maximum Gasteiger partial charge on any atom is 0.303 e. The monoisotopic (exact) mass is 323 g/mol. The van der Waals surface area contributed by atoms with Crippen molar-refractivity contribution in [1.29, 1.82) is 0 Å². The van der Waals surface area contributed by atoms with Crippen LogP contribution in [0.3, 0.4) is 0 Å². The van der Waals surface area contributed by atoms with E-state index in [1.165, 1.54) is 0 Å². The fourth-order valence-electron chi connectivity index (χ4n) is 1.33. The molecule has 0 fully saturated rings. The zero-order chi connectivity index (χ0) is 15.3. The fraction of sp³-hybridized carbons (Fsp3) is 0.300. The molecule has 110 valence electrons. The highest BCUT2D eigenvalue weighted by Gasteiger charge is 2.21.